The van der Waals surface area contributed by atoms with Gasteiger partial charge in [0.25, 0.3) is 0 Å². The van der Waals surface area contributed by atoms with Gasteiger partial charge in [0.1, 0.15) is 17.5 Å². The molecule has 0 saturated heterocycles. The van der Waals surface area contributed by atoms with Crippen LogP contribution >= 0.6 is 0 Å². The molecule has 0 aliphatic rings. The summed E-state index contributed by atoms with van der Waals surface area (Å²) in [6.07, 6.45) is 5.45. The summed E-state index contributed by atoms with van der Waals surface area (Å²) in [4.78, 5) is 15.3. The monoisotopic (exact) mass is 286 g/mol. The summed E-state index contributed by atoms with van der Waals surface area (Å²) in [7, 11) is 0. The minimum Gasteiger partial charge on any atom is -0.352 e. The van der Waals surface area contributed by atoms with Crippen LogP contribution in [0.25, 0.3) is 0 Å². The second kappa shape index (κ2) is 7.54. The molecule has 0 amide bonds. The molecule has 21 heavy (non-hydrogen) atoms. The normalized spacial score (nSPS) is 10.4. The predicted molar refractivity (Wildman–Crippen MR) is 84.8 cm³/mol. The van der Waals surface area contributed by atoms with Crippen LogP contribution in [0.5, 0.6) is 0 Å². The number of rotatable bonds is 7. The third kappa shape index (κ3) is 4.13. The Morgan fingerprint density at radius 2 is 1.95 bits per heavy atom. The lowest BCUT2D eigenvalue weighted by Crippen LogP contribution is -2.24. The van der Waals surface area contributed by atoms with Gasteiger partial charge in [-0.25, -0.2) is 15.8 Å². The van der Waals surface area contributed by atoms with Gasteiger partial charge in [0.2, 0.25) is 0 Å². The molecule has 0 radical (unpaired) electrons. The molecular weight excluding hydrogens is 264 g/mol. The van der Waals surface area contributed by atoms with Crippen molar-refractivity contribution in [1.29, 1.82) is 0 Å². The van der Waals surface area contributed by atoms with E-state index in [9.17, 15) is 0 Å². The fourth-order valence-corrected chi connectivity index (χ4v) is 2.12. The summed E-state index contributed by atoms with van der Waals surface area (Å²) in [5.74, 6) is 7.87. The van der Waals surface area contributed by atoms with Gasteiger partial charge in [0.05, 0.1) is 0 Å². The fourth-order valence-electron chi connectivity index (χ4n) is 2.12. The van der Waals surface area contributed by atoms with Crippen LogP contribution in [-0.2, 0) is 13.0 Å². The van der Waals surface area contributed by atoms with E-state index >= 15 is 0 Å². The van der Waals surface area contributed by atoms with Crippen LogP contribution < -0.4 is 16.2 Å². The number of hydrogen-bond donors (Lipinski definition) is 2. The van der Waals surface area contributed by atoms with Crippen molar-refractivity contribution in [3.8, 4) is 0 Å². The van der Waals surface area contributed by atoms with Gasteiger partial charge in [-0.15, -0.1) is 0 Å². The fraction of sp³-hybridized carbons (Fsp3) is 0.400. The van der Waals surface area contributed by atoms with Gasteiger partial charge in [-0.3, -0.25) is 4.98 Å². The standard InChI is InChI=1S/C15H22N6/c1-3-5-13-18-14(20-16)10-15(19-13)21(4-2)11-12-6-8-17-9-7-12/h6-10H,3-5,11,16H2,1-2H3,(H,18,19,20). The van der Waals surface area contributed by atoms with Crippen molar-refractivity contribution in [3.63, 3.8) is 0 Å². The molecule has 0 unspecified atom stereocenters. The molecule has 0 saturated carbocycles. The van der Waals surface area contributed by atoms with E-state index in [2.05, 4.69) is 39.1 Å². The van der Waals surface area contributed by atoms with Crippen LogP contribution in [0.2, 0.25) is 0 Å². The molecule has 6 nitrogen and oxygen atoms in total. The number of hydrogen-bond acceptors (Lipinski definition) is 6. The quantitative estimate of drug-likeness (QED) is 0.599. The zero-order valence-electron chi connectivity index (χ0n) is 12.6. The highest BCUT2D eigenvalue weighted by atomic mass is 15.3. The highest BCUT2D eigenvalue weighted by Crippen LogP contribution is 2.18. The number of anilines is 2. The Kier molecular flexibility index (Phi) is 5.45. The highest BCUT2D eigenvalue weighted by Gasteiger charge is 2.10. The van der Waals surface area contributed by atoms with E-state index in [1.54, 1.807) is 12.4 Å². The number of aromatic nitrogens is 3. The zero-order chi connectivity index (χ0) is 15.1. The Morgan fingerprint density at radius 1 is 1.19 bits per heavy atom. The van der Waals surface area contributed by atoms with Crippen LogP contribution in [0.4, 0.5) is 11.6 Å². The van der Waals surface area contributed by atoms with Gasteiger partial charge in [-0.05, 0) is 31.0 Å². The van der Waals surface area contributed by atoms with Crippen LogP contribution in [-0.4, -0.2) is 21.5 Å². The van der Waals surface area contributed by atoms with E-state index in [-0.39, 0.29) is 0 Å². The molecule has 0 spiro atoms. The Morgan fingerprint density at radius 3 is 2.57 bits per heavy atom. The smallest absolute Gasteiger partial charge is 0.145 e. The second-order valence-corrected chi connectivity index (χ2v) is 4.79. The molecule has 112 valence electrons. The summed E-state index contributed by atoms with van der Waals surface area (Å²) < 4.78 is 0. The van der Waals surface area contributed by atoms with Gasteiger partial charge in [-0.1, -0.05) is 6.92 Å². The highest BCUT2D eigenvalue weighted by molar-refractivity contribution is 5.49. The molecule has 0 aliphatic heterocycles. The molecule has 6 heteroatoms. The number of nitrogens with two attached hydrogens (primary N) is 1. The molecule has 2 heterocycles. The summed E-state index contributed by atoms with van der Waals surface area (Å²) in [6.45, 7) is 5.86. The van der Waals surface area contributed by atoms with Gasteiger partial charge in [0.15, 0.2) is 0 Å². The van der Waals surface area contributed by atoms with E-state index in [0.29, 0.717) is 5.82 Å². The van der Waals surface area contributed by atoms with Crippen LogP contribution in [0.1, 0.15) is 31.7 Å². The number of nitrogen functional groups attached to an aromatic ring is 1. The van der Waals surface area contributed by atoms with E-state index in [0.717, 1.165) is 37.6 Å². The van der Waals surface area contributed by atoms with Crippen LogP contribution in [0.3, 0.4) is 0 Å². The Bertz CT molecular complexity index is 557. The van der Waals surface area contributed by atoms with Gasteiger partial charge < -0.3 is 10.3 Å². The molecule has 2 aromatic heterocycles. The van der Waals surface area contributed by atoms with E-state index < -0.39 is 0 Å². The van der Waals surface area contributed by atoms with Crippen molar-refractivity contribution in [2.75, 3.05) is 16.9 Å². The van der Waals surface area contributed by atoms with Crippen LogP contribution in [0.15, 0.2) is 30.6 Å². The minimum atomic E-state index is 0.650. The molecule has 0 aromatic carbocycles. The third-order valence-electron chi connectivity index (χ3n) is 3.21. The molecule has 0 fully saturated rings. The number of aryl methyl sites for hydroxylation is 1. The third-order valence-corrected chi connectivity index (χ3v) is 3.21. The lowest BCUT2D eigenvalue weighted by Gasteiger charge is -2.23. The second-order valence-electron chi connectivity index (χ2n) is 4.79. The molecular formula is C15H22N6. The van der Waals surface area contributed by atoms with E-state index in [4.69, 9.17) is 5.84 Å². The average Bonchev–Trinajstić information content (AvgIpc) is 2.53. The summed E-state index contributed by atoms with van der Waals surface area (Å²) in [6, 6.07) is 5.90. The van der Waals surface area contributed by atoms with Gasteiger partial charge in [0, 0.05) is 38.0 Å². The Balaban J connectivity index is 2.26. The summed E-state index contributed by atoms with van der Waals surface area (Å²) >= 11 is 0. The molecule has 0 atom stereocenters. The maximum absolute atomic E-state index is 5.51. The number of nitrogens with zero attached hydrogens (tertiary/aromatic N) is 4. The van der Waals surface area contributed by atoms with E-state index in [1.165, 1.54) is 5.56 Å². The molecule has 0 aliphatic carbocycles. The predicted octanol–water partition coefficient (Wildman–Crippen LogP) is 2.14. The summed E-state index contributed by atoms with van der Waals surface area (Å²) in [5, 5.41) is 0. The first-order valence-electron chi connectivity index (χ1n) is 7.25. The lowest BCUT2D eigenvalue weighted by atomic mass is 10.2. The van der Waals surface area contributed by atoms with Crippen LogP contribution in [0, 0.1) is 0 Å². The van der Waals surface area contributed by atoms with Crippen molar-refractivity contribution in [2.45, 2.75) is 33.2 Å². The van der Waals surface area contributed by atoms with Gasteiger partial charge in [-0.2, -0.15) is 0 Å². The number of hydrazine groups is 1. The van der Waals surface area contributed by atoms with Crippen molar-refractivity contribution >= 4 is 11.6 Å². The largest absolute Gasteiger partial charge is 0.352 e. The first-order chi connectivity index (χ1) is 10.3. The summed E-state index contributed by atoms with van der Waals surface area (Å²) in [5.41, 5.74) is 3.82. The maximum Gasteiger partial charge on any atom is 0.145 e. The van der Waals surface area contributed by atoms with Crippen molar-refractivity contribution in [1.82, 2.24) is 15.0 Å². The SMILES string of the molecule is CCCc1nc(NN)cc(N(CC)Cc2ccncc2)n1. The molecule has 2 aromatic rings. The zero-order valence-corrected chi connectivity index (χ0v) is 12.6. The van der Waals surface area contributed by atoms with E-state index in [1.807, 2.05) is 18.2 Å². The number of pyridine rings is 1. The van der Waals surface area contributed by atoms with Crippen molar-refractivity contribution in [2.24, 2.45) is 5.84 Å². The van der Waals surface area contributed by atoms with Gasteiger partial charge >= 0.3 is 0 Å². The first kappa shape index (κ1) is 15.2. The van der Waals surface area contributed by atoms with Crippen molar-refractivity contribution in [3.05, 3.63) is 42.0 Å². The topological polar surface area (TPSA) is 80.0 Å². The Labute approximate surface area is 125 Å². The maximum atomic E-state index is 5.51. The first-order valence-corrected chi connectivity index (χ1v) is 7.25. The average molecular weight is 286 g/mol. The minimum absolute atomic E-state index is 0.650. The van der Waals surface area contributed by atoms with Crippen molar-refractivity contribution < 1.29 is 0 Å². The molecule has 2 rings (SSSR count). The lowest BCUT2D eigenvalue weighted by molar-refractivity contribution is 0.780. The Hall–Kier alpha value is -2.21. The number of nitrogens with one attached hydrogen (secondary N) is 1. The molecule has 3 N–H and O–H groups in total. The molecule has 0 bridgehead atoms.